The molecule has 1 aromatic rings. The van der Waals surface area contributed by atoms with Crippen LogP contribution in [0.5, 0.6) is 5.75 Å². The molecule has 0 aliphatic rings. The summed E-state index contributed by atoms with van der Waals surface area (Å²) in [6, 6.07) is 3.06. The van der Waals surface area contributed by atoms with Crippen LogP contribution in [0.2, 0.25) is 0 Å². The zero-order chi connectivity index (χ0) is 13.2. The Labute approximate surface area is 115 Å². The second-order valence-electron chi connectivity index (χ2n) is 4.71. The minimum absolute atomic E-state index is 0.0773. The van der Waals surface area contributed by atoms with Crippen molar-refractivity contribution in [1.29, 1.82) is 0 Å². The molecule has 0 spiro atoms. The number of hydrogen-bond donors (Lipinski definition) is 0. The van der Waals surface area contributed by atoms with Gasteiger partial charge in [0, 0.05) is 11.6 Å². The van der Waals surface area contributed by atoms with Crippen LogP contribution in [0.3, 0.4) is 0 Å². The molecule has 4 heteroatoms. The maximum absolute atomic E-state index is 13.4. The Morgan fingerprint density at radius 3 is 2.53 bits per heavy atom. The van der Waals surface area contributed by atoms with E-state index in [4.69, 9.17) is 16.3 Å². The number of hydrogen-bond acceptors (Lipinski definition) is 1. The highest BCUT2D eigenvalue weighted by atomic mass is 79.9. The van der Waals surface area contributed by atoms with Gasteiger partial charge in [-0.2, -0.15) is 0 Å². The predicted octanol–water partition coefficient (Wildman–Crippen LogP) is 5.31. The van der Waals surface area contributed by atoms with Crippen molar-refractivity contribution in [2.24, 2.45) is 5.41 Å². The van der Waals surface area contributed by atoms with Crippen LogP contribution in [-0.4, -0.2) is 7.11 Å². The number of ether oxygens (including phenoxy) is 1. The first-order valence-electron chi connectivity index (χ1n) is 5.50. The van der Waals surface area contributed by atoms with Crippen molar-refractivity contribution < 1.29 is 9.13 Å². The van der Waals surface area contributed by atoms with Crippen LogP contribution in [0.25, 0.3) is 0 Å². The van der Waals surface area contributed by atoms with E-state index >= 15 is 0 Å². The van der Waals surface area contributed by atoms with E-state index in [1.54, 1.807) is 6.07 Å². The number of halogens is 3. The summed E-state index contributed by atoms with van der Waals surface area (Å²) in [6.45, 7) is 6.25. The summed E-state index contributed by atoms with van der Waals surface area (Å²) in [4.78, 5) is 0. The van der Waals surface area contributed by atoms with Gasteiger partial charge in [-0.25, -0.2) is 4.39 Å². The number of rotatable bonds is 4. The molecule has 1 rings (SSSR count). The Balaban J connectivity index is 3.25. The fourth-order valence-electron chi connectivity index (χ4n) is 1.52. The van der Waals surface area contributed by atoms with Gasteiger partial charge in [-0.15, -0.1) is 11.6 Å². The molecule has 0 N–H and O–H groups in total. The topological polar surface area (TPSA) is 9.23 Å². The highest BCUT2D eigenvalue weighted by Gasteiger charge is 2.30. The van der Waals surface area contributed by atoms with E-state index in [0.29, 0.717) is 10.2 Å². The summed E-state index contributed by atoms with van der Waals surface area (Å²) < 4.78 is 19.0. The average Bonchev–Trinajstić information content (AvgIpc) is 2.31. The van der Waals surface area contributed by atoms with Gasteiger partial charge in [0.15, 0.2) is 0 Å². The largest absolute Gasteiger partial charge is 0.496 e. The fraction of sp³-hybridized carbons (Fsp3) is 0.538. The van der Waals surface area contributed by atoms with Crippen molar-refractivity contribution in [3.8, 4) is 5.75 Å². The molecule has 0 bridgehead atoms. The minimum Gasteiger partial charge on any atom is -0.496 e. The van der Waals surface area contributed by atoms with Crippen LogP contribution < -0.4 is 4.74 Å². The molecule has 1 aromatic carbocycles. The molecule has 1 atom stereocenters. The van der Waals surface area contributed by atoms with Gasteiger partial charge in [-0.1, -0.05) is 20.8 Å². The van der Waals surface area contributed by atoms with Crippen LogP contribution in [-0.2, 0) is 0 Å². The van der Waals surface area contributed by atoms with Crippen molar-refractivity contribution in [1.82, 2.24) is 0 Å². The molecule has 0 aliphatic heterocycles. The molecular weight excluding hydrogens is 306 g/mol. The van der Waals surface area contributed by atoms with Crippen LogP contribution in [0.15, 0.2) is 16.6 Å². The Bertz CT molecular complexity index is 407. The number of alkyl halides is 1. The molecule has 0 aromatic heterocycles. The molecule has 0 aliphatic carbocycles. The van der Waals surface area contributed by atoms with Crippen molar-refractivity contribution in [2.45, 2.75) is 32.6 Å². The lowest BCUT2D eigenvalue weighted by Gasteiger charge is -2.30. The number of methoxy groups -OCH3 is 1. The van der Waals surface area contributed by atoms with E-state index in [1.807, 2.05) is 0 Å². The Kier molecular flexibility index (Phi) is 4.85. The Morgan fingerprint density at radius 1 is 1.47 bits per heavy atom. The summed E-state index contributed by atoms with van der Waals surface area (Å²) >= 11 is 9.66. The summed E-state index contributed by atoms with van der Waals surface area (Å²) in [5.41, 5.74) is 0.737. The van der Waals surface area contributed by atoms with Crippen molar-refractivity contribution in [3.05, 3.63) is 28.0 Å². The highest BCUT2D eigenvalue weighted by Crippen LogP contribution is 2.45. The van der Waals surface area contributed by atoms with Crippen LogP contribution in [0.1, 0.15) is 38.1 Å². The summed E-state index contributed by atoms with van der Waals surface area (Å²) in [6.07, 6.45) is 0.930. The minimum atomic E-state index is -0.344. The summed E-state index contributed by atoms with van der Waals surface area (Å²) in [7, 11) is 1.52. The monoisotopic (exact) mass is 322 g/mol. The van der Waals surface area contributed by atoms with Gasteiger partial charge in [-0.3, -0.25) is 0 Å². The van der Waals surface area contributed by atoms with Crippen LogP contribution in [0.4, 0.5) is 4.39 Å². The van der Waals surface area contributed by atoms with Crippen LogP contribution in [0, 0.1) is 11.2 Å². The third-order valence-corrected chi connectivity index (χ3v) is 4.58. The summed E-state index contributed by atoms with van der Waals surface area (Å²) in [5.74, 6) is 0.149. The molecule has 96 valence electrons. The third kappa shape index (κ3) is 3.14. The maximum atomic E-state index is 13.4. The quantitative estimate of drug-likeness (QED) is 0.682. The van der Waals surface area contributed by atoms with E-state index in [0.717, 1.165) is 12.0 Å². The van der Waals surface area contributed by atoms with Gasteiger partial charge in [-0.05, 0) is 33.8 Å². The van der Waals surface area contributed by atoms with Gasteiger partial charge in [0.25, 0.3) is 0 Å². The van der Waals surface area contributed by atoms with Crippen molar-refractivity contribution in [2.75, 3.05) is 7.11 Å². The van der Waals surface area contributed by atoms with E-state index in [-0.39, 0.29) is 16.6 Å². The molecule has 1 nitrogen and oxygen atoms in total. The second kappa shape index (κ2) is 5.57. The lowest BCUT2D eigenvalue weighted by Crippen LogP contribution is -2.17. The zero-order valence-corrected chi connectivity index (χ0v) is 12.8. The lowest BCUT2D eigenvalue weighted by molar-refractivity contribution is 0.325. The molecule has 0 heterocycles. The smallest absolute Gasteiger partial charge is 0.141 e. The van der Waals surface area contributed by atoms with Crippen molar-refractivity contribution >= 4 is 27.5 Å². The molecule has 17 heavy (non-hydrogen) atoms. The molecular formula is C13H17BrClFO. The molecule has 0 saturated carbocycles. The van der Waals surface area contributed by atoms with Gasteiger partial charge in [0.1, 0.15) is 11.6 Å². The van der Waals surface area contributed by atoms with Gasteiger partial charge in [0.05, 0.1) is 17.0 Å². The van der Waals surface area contributed by atoms with E-state index in [2.05, 4.69) is 36.7 Å². The third-order valence-electron chi connectivity index (χ3n) is 3.14. The lowest BCUT2D eigenvalue weighted by atomic mass is 9.82. The molecule has 1 unspecified atom stereocenters. The van der Waals surface area contributed by atoms with Crippen molar-refractivity contribution in [3.63, 3.8) is 0 Å². The highest BCUT2D eigenvalue weighted by molar-refractivity contribution is 9.10. The van der Waals surface area contributed by atoms with Gasteiger partial charge in [0.2, 0.25) is 0 Å². The van der Waals surface area contributed by atoms with Crippen LogP contribution >= 0.6 is 27.5 Å². The van der Waals surface area contributed by atoms with E-state index < -0.39 is 0 Å². The standard InChI is InChI=1S/C13H17BrClFO/c1-5-13(2,3)12(15)8-6-9(14)10(16)7-11(8)17-4/h6-7,12H,5H2,1-4H3. The predicted molar refractivity (Wildman–Crippen MR) is 73.3 cm³/mol. The Hall–Kier alpha value is -0.280. The molecule has 0 radical (unpaired) electrons. The first kappa shape index (κ1) is 14.8. The number of benzene rings is 1. The second-order valence-corrected chi connectivity index (χ2v) is 6.00. The molecule has 0 saturated heterocycles. The van der Waals surface area contributed by atoms with E-state index in [9.17, 15) is 4.39 Å². The van der Waals surface area contributed by atoms with Gasteiger partial charge < -0.3 is 4.74 Å². The fourth-order valence-corrected chi connectivity index (χ4v) is 2.20. The molecule has 0 fully saturated rings. The average molecular weight is 324 g/mol. The molecule has 0 amide bonds. The first-order valence-corrected chi connectivity index (χ1v) is 6.73. The normalized spacial score (nSPS) is 13.6. The maximum Gasteiger partial charge on any atom is 0.141 e. The zero-order valence-electron chi connectivity index (χ0n) is 10.5. The SMILES string of the molecule is CCC(C)(C)C(Cl)c1cc(Br)c(F)cc1OC. The Morgan fingerprint density at radius 2 is 2.06 bits per heavy atom. The van der Waals surface area contributed by atoms with Gasteiger partial charge >= 0.3 is 0 Å². The summed E-state index contributed by atoms with van der Waals surface area (Å²) in [5, 5.41) is -0.223. The first-order chi connectivity index (χ1) is 7.83. The van der Waals surface area contributed by atoms with E-state index in [1.165, 1.54) is 13.2 Å².